The Morgan fingerprint density at radius 1 is 1.54 bits per heavy atom. The van der Waals surface area contributed by atoms with Crippen molar-refractivity contribution < 1.29 is 9.30 Å². The standard InChI is InChI=1S/C10H17N2O/c1-7-10(5-9-6-13-9)12(4)8(2)11(7)3/h9H,5-6H2,1-4H3/q+1. The number of nitrogens with zero attached hydrogens (tertiary/aromatic N) is 2. The first-order valence-electron chi connectivity index (χ1n) is 4.73. The Bertz CT molecular complexity index is 312. The molecule has 0 aromatic carbocycles. The third kappa shape index (κ3) is 1.37. The molecule has 2 heterocycles. The van der Waals surface area contributed by atoms with Crippen molar-refractivity contribution in [2.24, 2.45) is 14.1 Å². The summed E-state index contributed by atoms with van der Waals surface area (Å²) in [5, 5.41) is 0. The van der Waals surface area contributed by atoms with Crippen LogP contribution in [0.2, 0.25) is 0 Å². The van der Waals surface area contributed by atoms with Gasteiger partial charge >= 0.3 is 0 Å². The van der Waals surface area contributed by atoms with Crippen LogP contribution in [-0.4, -0.2) is 17.3 Å². The SMILES string of the molecule is Cc1c(CC2CO2)[n+](C)c(C)n1C. The summed E-state index contributed by atoms with van der Waals surface area (Å²) in [7, 11) is 4.24. The van der Waals surface area contributed by atoms with E-state index in [1.165, 1.54) is 17.2 Å². The highest BCUT2D eigenvalue weighted by molar-refractivity contribution is 5.10. The van der Waals surface area contributed by atoms with Crippen molar-refractivity contribution in [3.8, 4) is 0 Å². The Labute approximate surface area is 78.9 Å². The fourth-order valence-electron chi connectivity index (χ4n) is 1.79. The first kappa shape index (κ1) is 8.75. The summed E-state index contributed by atoms with van der Waals surface area (Å²) in [6, 6.07) is 0. The predicted octanol–water partition coefficient (Wildman–Crippen LogP) is 0.408. The molecule has 1 aromatic rings. The largest absolute Gasteiger partial charge is 0.373 e. The Morgan fingerprint density at radius 3 is 2.54 bits per heavy atom. The van der Waals surface area contributed by atoms with Crippen LogP contribution in [0.5, 0.6) is 0 Å². The summed E-state index contributed by atoms with van der Waals surface area (Å²) in [6.45, 7) is 5.25. The number of epoxide rings is 1. The fraction of sp³-hybridized carbons (Fsp3) is 0.700. The van der Waals surface area contributed by atoms with E-state index < -0.39 is 0 Å². The average molecular weight is 181 g/mol. The second-order valence-electron chi connectivity index (χ2n) is 3.86. The van der Waals surface area contributed by atoms with Gasteiger partial charge in [-0.1, -0.05) is 0 Å². The molecule has 1 saturated heterocycles. The van der Waals surface area contributed by atoms with Gasteiger partial charge in [-0.3, -0.25) is 0 Å². The van der Waals surface area contributed by atoms with E-state index in [2.05, 4.69) is 37.1 Å². The van der Waals surface area contributed by atoms with E-state index in [0.717, 1.165) is 13.0 Å². The maximum Gasteiger partial charge on any atom is 0.253 e. The number of aromatic nitrogens is 2. The highest BCUT2D eigenvalue weighted by atomic mass is 16.6. The van der Waals surface area contributed by atoms with Gasteiger partial charge in [-0.05, 0) is 0 Å². The molecule has 1 aliphatic rings. The van der Waals surface area contributed by atoms with Crippen molar-refractivity contribution >= 4 is 0 Å². The summed E-state index contributed by atoms with van der Waals surface area (Å²) in [6.07, 6.45) is 1.54. The van der Waals surface area contributed by atoms with Crippen molar-refractivity contribution in [3.63, 3.8) is 0 Å². The molecular weight excluding hydrogens is 164 g/mol. The Hall–Kier alpha value is -0.830. The van der Waals surface area contributed by atoms with Crippen molar-refractivity contribution in [3.05, 3.63) is 17.2 Å². The normalized spacial score (nSPS) is 20.8. The molecule has 2 rings (SSSR count). The molecule has 3 nitrogen and oxygen atoms in total. The topological polar surface area (TPSA) is 21.3 Å². The van der Waals surface area contributed by atoms with Crippen LogP contribution < -0.4 is 4.57 Å². The maximum atomic E-state index is 5.25. The first-order chi connectivity index (χ1) is 6.11. The van der Waals surface area contributed by atoms with Gasteiger partial charge in [-0.25, -0.2) is 9.13 Å². The van der Waals surface area contributed by atoms with Gasteiger partial charge in [0.15, 0.2) is 0 Å². The van der Waals surface area contributed by atoms with Crippen LogP contribution in [0.15, 0.2) is 0 Å². The van der Waals surface area contributed by atoms with Crippen LogP contribution in [0.4, 0.5) is 0 Å². The summed E-state index contributed by atoms with van der Waals surface area (Å²) < 4.78 is 9.74. The van der Waals surface area contributed by atoms with E-state index in [1.807, 2.05) is 0 Å². The van der Waals surface area contributed by atoms with Crippen molar-refractivity contribution in [1.29, 1.82) is 0 Å². The zero-order valence-corrected chi connectivity index (χ0v) is 8.79. The third-order valence-electron chi connectivity index (χ3n) is 3.12. The van der Waals surface area contributed by atoms with Crippen LogP contribution in [0.1, 0.15) is 17.2 Å². The maximum absolute atomic E-state index is 5.25. The monoisotopic (exact) mass is 181 g/mol. The predicted molar refractivity (Wildman–Crippen MR) is 49.5 cm³/mol. The highest BCUT2D eigenvalue weighted by Crippen LogP contribution is 2.17. The highest BCUT2D eigenvalue weighted by Gasteiger charge is 2.29. The van der Waals surface area contributed by atoms with Crippen LogP contribution in [-0.2, 0) is 25.3 Å². The van der Waals surface area contributed by atoms with Gasteiger partial charge in [-0.2, -0.15) is 0 Å². The summed E-state index contributed by atoms with van der Waals surface area (Å²) in [4.78, 5) is 0. The van der Waals surface area contributed by atoms with Gasteiger partial charge in [0.05, 0.1) is 26.8 Å². The molecule has 0 amide bonds. The lowest BCUT2D eigenvalue weighted by Crippen LogP contribution is -2.35. The van der Waals surface area contributed by atoms with Gasteiger partial charge in [-0.15, -0.1) is 0 Å². The number of hydrogen-bond donors (Lipinski definition) is 0. The van der Waals surface area contributed by atoms with E-state index in [0.29, 0.717) is 6.10 Å². The lowest BCUT2D eigenvalue weighted by atomic mass is 10.2. The summed E-state index contributed by atoms with van der Waals surface area (Å²) in [5.41, 5.74) is 2.76. The molecule has 1 aliphatic heterocycles. The van der Waals surface area contributed by atoms with Gasteiger partial charge in [0.1, 0.15) is 11.4 Å². The molecule has 0 radical (unpaired) electrons. The Morgan fingerprint density at radius 2 is 2.15 bits per heavy atom. The molecule has 0 N–H and O–H groups in total. The molecule has 0 spiro atoms. The van der Waals surface area contributed by atoms with E-state index in [4.69, 9.17) is 4.74 Å². The molecule has 0 aliphatic carbocycles. The van der Waals surface area contributed by atoms with Crippen LogP contribution in [0.3, 0.4) is 0 Å². The van der Waals surface area contributed by atoms with E-state index in [1.54, 1.807) is 0 Å². The number of ether oxygens (including phenoxy) is 1. The first-order valence-corrected chi connectivity index (χ1v) is 4.73. The molecule has 1 aromatic heterocycles. The Balaban J connectivity index is 2.36. The van der Waals surface area contributed by atoms with Gasteiger partial charge in [0, 0.05) is 20.3 Å². The van der Waals surface area contributed by atoms with E-state index >= 15 is 0 Å². The van der Waals surface area contributed by atoms with Crippen LogP contribution in [0.25, 0.3) is 0 Å². The summed E-state index contributed by atoms with van der Waals surface area (Å²) in [5.74, 6) is 1.30. The molecule has 1 unspecified atom stereocenters. The second kappa shape index (κ2) is 2.84. The van der Waals surface area contributed by atoms with E-state index in [-0.39, 0.29) is 0 Å². The third-order valence-corrected chi connectivity index (χ3v) is 3.12. The van der Waals surface area contributed by atoms with Crippen molar-refractivity contribution in [2.45, 2.75) is 26.4 Å². The minimum absolute atomic E-state index is 0.478. The number of rotatable bonds is 2. The van der Waals surface area contributed by atoms with Crippen molar-refractivity contribution in [1.82, 2.24) is 4.57 Å². The average Bonchev–Trinajstić information content (AvgIpc) is 2.89. The van der Waals surface area contributed by atoms with Crippen molar-refractivity contribution in [2.75, 3.05) is 6.61 Å². The van der Waals surface area contributed by atoms with Gasteiger partial charge in [0.2, 0.25) is 0 Å². The number of hydrogen-bond acceptors (Lipinski definition) is 1. The zero-order chi connectivity index (χ0) is 9.59. The molecule has 1 atom stereocenters. The fourth-order valence-corrected chi connectivity index (χ4v) is 1.79. The molecule has 0 saturated carbocycles. The molecule has 13 heavy (non-hydrogen) atoms. The molecule has 0 bridgehead atoms. The Kier molecular flexibility index (Phi) is 1.91. The lowest BCUT2D eigenvalue weighted by Gasteiger charge is -1.94. The molecular formula is C10H17N2O+. The molecule has 72 valence electrons. The van der Waals surface area contributed by atoms with Crippen LogP contribution >= 0.6 is 0 Å². The quantitative estimate of drug-likeness (QED) is 0.478. The zero-order valence-electron chi connectivity index (χ0n) is 8.79. The van der Waals surface area contributed by atoms with Gasteiger partial charge in [0.25, 0.3) is 5.82 Å². The number of imidazole rings is 1. The molecule has 1 fully saturated rings. The van der Waals surface area contributed by atoms with Crippen LogP contribution in [0, 0.1) is 13.8 Å². The summed E-state index contributed by atoms with van der Waals surface area (Å²) >= 11 is 0. The van der Waals surface area contributed by atoms with Gasteiger partial charge < -0.3 is 4.74 Å². The molecule has 3 heteroatoms. The van der Waals surface area contributed by atoms with E-state index in [9.17, 15) is 0 Å². The minimum Gasteiger partial charge on any atom is -0.373 e. The second-order valence-corrected chi connectivity index (χ2v) is 3.86. The lowest BCUT2D eigenvalue weighted by molar-refractivity contribution is -0.684. The minimum atomic E-state index is 0.478. The smallest absolute Gasteiger partial charge is 0.253 e.